The van der Waals surface area contributed by atoms with Crippen LogP contribution in [0.5, 0.6) is 0 Å². The van der Waals surface area contributed by atoms with Crippen LogP contribution in [-0.2, 0) is 0 Å². The third-order valence-electron chi connectivity index (χ3n) is 3.57. The third kappa shape index (κ3) is 2.64. The Bertz CT molecular complexity index is 453. The quantitative estimate of drug-likeness (QED) is 0.795. The number of nitrogens with zero attached hydrogens (tertiary/aromatic N) is 1. The molecule has 1 fully saturated rings. The van der Waals surface area contributed by atoms with Crippen LogP contribution in [0.3, 0.4) is 0 Å². The van der Waals surface area contributed by atoms with Crippen LogP contribution < -0.4 is 5.73 Å². The maximum atomic E-state index is 12.3. The maximum Gasteiger partial charge on any atom is 0.253 e. The first-order chi connectivity index (χ1) is 8.47. The molecule has 0 atom stereocenters. The molecule has 0 spiro atoms. The number of hydrogen-bond acceptors (Lipinski definition) is 3. The van der Waals surface area contributed by atoms with Crippen LogP contribution in [-0.4, -0.2) is 35.6 Å². The second-order valence-corrected chi connectivity index (χ2v) is 5.25. The third-order valence-corrected chi connectivity index (χ3v) is 3.57. The summed E-state index contributed by atoms with van der Waals surface area (Å²) in [5, 5.41) is 9.24. The summed E-state index contributed by atoms with van der Waals surface area (Å²) < 4.78 is 0. The van der Waals surface area contributed by atoms with Gasteiger partial charge < -0.3 is 15.7 Å². The highest BCUT2D eigenvalue weighted by Gasteiger charge is 2.29. The molecule has 4 nitrogen and oxygen atoms in total. The average molecular weight is 248 g/mol. The molecular weight excluding hydrogens is 228 g/mol. The first kappa shape index (κ1) is 12.9. The van der Waals surface area contributed by atoms with Gasteiger partial charge >= 0.3 is 0 Å². The van der Waals surface area contributed by atoms with E-state index >= 15 is 0 Å². The van der Waals surface area contributed by atoms with Crippen molar-refractivity contribution in [2.75, 3.05) is 19.3 Å². The number of amides is 1. The standard InChI is InChI=1S/C14H20N2O2/c1-9-5-11(15)3-4-13(9)14(18)16(2)8-10-6-12(17)7-10/h3-5,10,12,17H,6-8,15H2,1-2H3. The molecule has 3 N–H and O–H groups in total. The van der Waals surface area contributed by atoms with Crippen molar-refractivity contribution in [3.05, 3.63) is 29.3 Å². The summed E-state index contributed by atoms with van der Waals surface area (Å²) in [6.45, 7) is 2.60. The van der Waals surface area contributed by atoms with E-state index in [1.54, 1.807) is 17.0 Å². The van der Waals surface area contributed by atoms with E-state index < -0.39 is 0 Å². The summed E-state index contributed by atoms with van der Waals surface area (Å²) in [7, 11) is 1.81. The lowest BCUT2D eigenvalue weighted by atomic mass is 9.82. The zero-order valence-corrected chi connectivity index (χ0v) is 10.9. The van der Waals surface area contributed by atoms with Crippen LogP contribution in [0.4, 0.5) is 5.69 Å². The number of anilines is 1. The first-order valence-corrected chi connectivity index (χ1v) is 6.27. The molecule has 0 aliphatic heterocycles. The minimum atomic E-state index is -0.170. The molecule has 1 aliphatic carbocycles. The van der Waals surface area contributed by atoms with Crippen molar-refractivity contribution in [2.45, 2.75) is 25.9 Å². The number of aliphatic hydroxyl groups excluding tert-OH is 1. The summed E-state index contributed by atoms with van der Waals surface area (Å²) in [6.07, 6.45) is 1.44. The molecule has 0 bridgehead atoms. The van der Waals surface area contributed by atoms with E-state index in [1.165, 1.54) is 0 Å². The smallest absolute Gasteiger partial charge is 0.253 e. The Balaban J connectivity index is 2.01. The lowest BCUT2D eigenvalue weighted by molar-refractivity contribution is 0.0265. The van der Waals surface area contributed by atoms with Gasteiger partial charge in [-0.15, -0.1) is 0 Å². The molecule has 0 saturated heterocycles. The Labute approximate surface area is 107 Å². The molecule has 18 heavy (non-hydrogen) atoms. The Morgan fingerprint density at radius 2 is 2.17 bits per heavy atom. The van der Waals surface area contributed by atoms with Crippen molar-refractivity contribution in [1.82, 2.24) is 4.90 Å². The predicted octanol–water partition coefficient (Wildman–Crippen LogP) is 1.42. The molecule has 1 aromatic carbocycles. The van der Waals surface area contributed by atoms with Gasteiger partial charge in [0.25, 0.3) is 5.91 Å². The number of aryl methyl sites for hydroxylation is 1. The van der Waals surface area contributed by atoms with Gasteiger partial charge in [-0.05, 0) is 49.4 Å². The monoisotopic (exact) mass is 248 g/mol. The van der Waals surface area contributed by atoms with Gasteiger partial charge in [0.2, 0.25) is 0 Å². The summed E-state index contributed by atoms with van der Waals surface area (Å²) in [6, 6.07) is 5.34. The Kier molecular flexibility index (Phi) is 3.57. The summed E-state index contributed by atoms with van der Waals surface area (Å²) in [5.74, 6) is 0.455. The summed E-state index contributed by atoms with van der Waals surface area (Å²) in [4.78, 5) is 14.0. The van der Waals surface area contributed by atoms with Crippen molar-refractivity contribution in [3.63, 3.8) is 0 Å². The van der Waals surface area contributed by atoms with E-state index in [2.05, 4.69) is 0 Å². The highest BCUT2D eigenvalue weighted by molar-refractivity contribution is 5.95. The van der Waals surface area contributed by atoms with E-state index in [-0.39, 0.29) is 12.0 Å². The molecule has 1 amide bonds. The van der Waals surface area contributed by atoms with Gasteiger partial charge in [0.15, 0.2) is 0 Å². The van der Waals surface area contributed by atoms with E-state index in [9.17, 15) is 9.90 Å². The lowest BCUT2D eigenvalue weighted by Crippen LogP contribution is -2.39. The van der Waals surface area contributed by atoms with E-state index in [0.29, 0.717) is 23.7 Å². The Morgan fingerprint density at radius 3 is 2.72 bits per heavy atom. The molecule has 0 aromatic heterocycles. The molecule has 1 saturated carbocycles. The molecule has 1 aromatic rings. The number of carbonyl (C=O) groups is 1. The number of benzene rings is 1. The minimum absolute atomic E-state index is 0.0221. The predicted molar refractivity (Wildman–Crippen MR) is 71.3 cm³/mol. The van der Waals surface area contributed by atoms with E-state index in [0.717, 1.165) is 18.4 Å². The molecule has 1 aliphatic rings. The Morgan fingerprint density at radius 1 is 1.50 bits per heavy atom. The van der Waals surface area contributed by atoms with Crippen LogP contribution in [0.15, 0.2) is 18.2 Å². The van der Waals surface area contributed by atoms with Crippen molar-refractivity contribution < 1.29 is 9.90 Å². The average Bonchev–Trinajstić information content (AvgIpc) is 2.26. The second kappa shape index (κ2) is 4.98. The fourth-order valence-corrected chi connectivity index (χ4v) is 2.45. The van der Waals surface area contributed by atoms with Crippen LogP contribution in [0.1, 0.15) is 28.8 Å². The second-order valence-electron chi connectivity index (χ2n) is 5.25. The van der Waals surface area contributed by atoms with E-state index in [4.69, 9.17) is 5.73 Å². The maximum absolute atomic E-state index is 12.3. The topological polar surface area (TPSA) is 66.6 Å². The molecule has 0 unspecified atom stereocenters. The van der Waals surface area contributed by atoms with Crippen LogP contribution >= 0.6 is 0 Å². The number of rotatable bonds is 3. The number of nitrogens with two attached hydrogens (primary N) is 1. The zero-order valence-electron chi connectivity index (χ0n) is 10.9. The van der Waals surface area contributed by atoms with Gasteiger partial charge in [-0.3, -0.25) is 4.79 Å². The Hall–Kier alpha value is -1.55. The minimum Gasteiger partial charge on any atom is -0.399 e. The highest BCUT2D eigenvalue weighted by Crippen LogP contribution is 2.28. The normalized spacial score (nSPS) is 22.4. The highest BCUT2D eigenvalue weighted by atomic mass is 16.3. The number of hydrogen-bond donors (Lipinski definition) is 2. The molecule has 0 heterocycles. The van der Waals surface area contributed by atoms with Crippen molar-refractivity contribution >= 4 is 11.6 Å². The number of carbonyl (C=O) groups excluding carboxylic acids is 1. The summed E-state index contributed by atoms with van der Waals surface area (Å²) in [5.41, 5.74) is 7.96. The molecule has 0 radical (unpaired) electrons. The van der Waals surface area contributed by atoms with Crippen LogP contribution in [0.2, 0.25) is 0 Å². The lowest BCUT2D eigenvalue weighted by Gasteiger charge is -2.34. The van der Waals surface area contributed by atoms with E-state index in [1.807, 2.05) is 20.0 Å². The summed E-state index contributed by atoms with van der Waals surface area (Å²) >= 11 is 0. The number of nitrogen functional groups attached to an aromatic ring is 1. The van der Waals surface area contributed by atoms with Gasteiger partial charge in [-0.1, -0.05) is 0 Å². The van der Waals surface area contributed by atoms with Gasteiger partial charge in [0, 0.05) is 24.8 Å². The van der Waals surface area contributed by atoms with Gasteiger partial charge in [0.1, 0.15) is 0 Å². The molecule has 98 valence electrons. The molecule has 2 rings (SSSR count). The van der Waals surface area contributed by atoms with Gasteiger partial charge in [0.05, 0.1) is 6.10 Å². The van der Waals surface area contributed by atoms with Crippen molar-refractivity contribution in [1.29, 1.82) is 0 Å². The van der Waals surface area contributed by atoms with Crippen molar-refractivity contribution in [3.8, 4) is 0 Å². The fraction of sp³-hybridized carbons (Fsp3) is 0.500. The fourth-order valence-electron chi connectivity index (χ4n) is 2.45. The first-order valence-electron chi connectivity index (χ1n) is 6.27. The zero-order chi connectivity index (χ0) is 13.3. The number of aliphatic hydroxyl groups is 1. The molecule has 4 heteroatoms. The van der Waals surface area contributed by atoms with Crippen molar-refractivity contribution in [2.24, 2.45) is 5.92 Å². The van der Waals surface area contributed by atoms with Crippen LogP contribution in [0.25, 0.3) is 0 Å². The van der Waals surface area contributed by atoms with Crippen LogP contribution in [0, 0.1) is 12.8 Å². The van der Waals surface area contributed by atoms with Gasteiger partial charge in [-0.2, -0.15) is 0 Å². The largest absolute Gasteiger partial charge is 0.399 e. The molecular formula is C14H20N2O2. The SMILES string of the molecule is Cc1cc(N)ccc1C(=O)N(C)CC1CC(O)C1. The van der Waals surface area contributed by atoms with Gasteiger partial charge in [-0.25, -0.2) is 0 Å².